The standard InChI is InChI=1S/C25H29N7O.2C2HF3O2/c1-14-10-11-19-18(12-14)22(28-20-8-4-5-9-21(20)29-24(26)27)31-25(30-19)32-23(33)17-13-15-6-2-3-7-16(15)17;2*3-2(4,5)1(6)7/h2-3,6-7,10-12,17,20-21H,4-5,8-9,13H2,1H3,(H4,26,27,29)(H2,28,30,31,32,33);2*(H,6,7). The Morgan fingerprint density at radius 3 is 2.09 bits per heavy atom. The number of nitrogens with one attached hydrogen (secondary N) is 2. The van der Waals surface area contributed by atoms with Crippen LogP contribution in [0.15, 0.2) is 47.5 Å². The van der Waals surface area contributed by atoms with Crippen LogP contribution in [-0.2, 0) is 20.8 Å². The molecule has 3 unspecified atom stereocenters. The highest BCUT2D eigenvalue weighted by atomic mass is 19.4. The van der Waals surface area contributed by atoms with E-state index in [1.807, 2.05) is 37.3 Å². The number of halogens is 6. The number of guanidine groups is 1. The molecule has 5 rings (SSSR count). The van der Waals surface area contributed by atoms with Crippen LogP contribution >= 0.6 is 0 Å². The molecule has 2 aliphatic rings. The van der Waals surface area contributed by atoms with Crippen LogP contribution in [0.4, 0.5) is 38.1 Å². The number of aryl methyl sites for hydroxylation is 1. The molecule has 0 aliphatic heterocycles. The minimum absolute atomic E-state index is 0.0110. The van der Waals surface area contributed by atoms with Crippen molar-refractivity contribution in [2.24, 2.45) is 16.5 Å². The summed E-state index contributed by atoms with van der Waals surface area (Å²) < 4.78 is 63.5. The number of aliphatic imine (C=N–C) groups is 1. The second kappa shape index (κ2) is 15.0. The molecule has 0 saturated heterocycles. The van der Waals surface area contributed by atoms with E-state index in [1.165, 1.54) is 5.56 Å². The first kappa shape index (κ1) is 36.3. The van der Waals surface area contributed by atoms with Crippen molar-refractivity contribution in [2.75, 3.05) is 10.6 Å². The molecule has 18 heteroatoms. The van der Waals surface area contributed by atoms with Crippen molar-refractivity contribution in [2.45, 2.75) is 69.4 Å². The van der Waals surface area contributed by atoms with Crippen molar-refractivity contribution in [3.05, 3.63) is 59.2 Å². The number of aliphatic carboxylic acids is 2. The van der Waals surface area contributed by atoms with E-state index in [-0.39, 0.29) is 29.9 Å². The smallest absolute Gasteiger partial charge is 0.475 e. The molecule has 3 aromatic rings. The van der Waals surface area contributed by atoms with Gasteiger partial charge in [0, 0.05) is 5.39 Å². The number of carboxylic acids is 2. The van der Waals surface area contributed by atoms with Gasteiger partial charge in [0.2, 0.25) is 11.9 Å². The van der Waals surface area contributed by atoms with Gasteiger partial charge in [-0.3, -0.25) is 10.1 Å². The topological polar surface area (TPSA) is 206 Å². The molecule has 1 aromatic heterocycles. The van der Waals surface area contributed by atoms with Gasteiger partial charge in [0.1, 0.15) is 5.82 Å². The van der Waals surface area contributed by atoms with E-state index in [0.717, 1.165) is 54.1 Å². The third-order valence-corrected chi connectivity index (χ3v) is 7.11. The molecule has 0 radical (unpaired) electrons. The van der Waals surface area contributed by atoms with Gasteiger partial charge in [-0.15, -0.1) is 0 Å². The van der Waals surface area contributed by atoms with Gasteiger partial charge in [0.25, 0.3) is 0 Å². The fraction of sp³-hybridized carbons (Fsp3) is 0.379. The lowest BCUT2D eigenvalue weighted by Crippen LogP contribution is -2.38. The number of carbonyl (C=O) groups is 3. The van der Waals surface area contributed by atoms with Crippen LogP contribution in [0.25, 0.3) is 10.9 Å². The Hall–Kier alpha value is -5.16. The van der Waals surface area contributed by atoms with Crippen molar-refractivity contribution in [3.63, 3.8) is 0 Å². The van der Waals surface area contributed by atoms with E-state index in [1.54, 1.807) is 0 Å². The van der Waals surface area contributed by atoms with Gasteiger partial charge < -0.3 is 27.0 Å². The predicted octanol–water partition coefficient (Wildman–Crippen LogP) is 4.48. The van der Waals surface area contributed by atoms with E-state index < -0.39 is 24.3 Å². The van der Waals surface area contributed by atoms with Crippen molar-refractivity contribution in [1.82, 2.24) is 9.97 Å². The number of carboxylic acid groups (broad SMARTS) is 2. The molecule has 3 atom stereocenters. The van der Waals surface area contributed by atoms with Gasteiger partial charge in [-0.05, 0) is 49.4 Å². The van der Waals surface area contributed by atoms with E-state index in [4.69, 9.17) is 36.3 Å². The number of benzene rings is 2. The number of alkyl halides is 6. The highest BCUT2D eigenvalue weighted by molar-refractivity contribution is 5.98. The number of aromatic nitrogens is 2. The molecular weight excluding hydrogens is 640 g/mol. The van der Waals surface area contributed by atoms with Crippen molar-refractivity contribution < 1.29 is 50.9 Å². The van der Waals surface area contributed by atoms with E-state index in [0.29, 0.717) is 11.8 Å². The molecule has 1 saturated carbocycles. The predicted molar refractivity (Wildman–Crippen MR) is 159 cm³/mol. The largest absolute Gasteiger partial charge is 0.490 e. The third-order valence-electron chi connectivity index (χ3n) is 7.11. The summed E-state index contributed by atoms with van der Waals surface area (Å²) in [4.78, 5) is 44.5. The molecule has 1 fully saturated rings. The Labute approximate surface area is 263 Å². The van der Waals surface area contributed by atoms with Gasteiger partial charge in [-0.1, -0.05) is 48.7 Å². The SMILES string of the molecule is Cc1ccc2nc(NC(=O)C3Cc4ccccc43)nc(NC3CCCCC3N=C(N)N)c2c1.O=C(O)C(F)(F)F.O=C(O)C(F)(F)F. The zero-order chi connectivity index (χ0) is 35.1. The van der Waals surface area contributed by atoms with Gasteiger partial charge in [-0.25, -0.2) is 19.6 Å². The van der Waals surface area contributed by atoms with Gasteiger partial charge >= 0.3 is 24.3 Å². The Balaban J connectivity index is 0.000000360. The summed E-state index contributed by atoms with van der Waals surface area (Å²) in [5.41, 5.74) is 15.5. The van der Waals surface area contributed by atoms with Crippen LogP contribution in [-0.4, -0.2) is 68.4 Å². The average Bonchev–Trinajstić information content (AvgIpc) is 2.94. The summed E-state index contributed by atoms with van der Waals surface area (Å²) in [5, 5.41) is 21.7. The number of carbonyl (C=O) groups excluding carboxylic acids is 1. The number of hydrogen-bond acceptors (Lipinski definition) is 7. The minimum Gasteiger partial charge on any atom is -0.475 e. The van der Waals surface area contributed by atoms with Crippen molar-refractivity contribution >= 4 is 46.5 Å². The lowest BCUT2D eigenvalue weighted by Gasteiger charge is -2.30. The van der Waals surface area contributed by atoms with Crippen LogP contribution in [0.1, 0.15) is 48.3 Å². The summed E-state index contributed by atoms with van der Waals surface area (Å²) >= 11 is 0. The quantitative estimate of drug-likeness (QED) is 0.127. The molecule has 254 valence electrons. The number of anilines is 2. The zero-order valence-corrected chi connectivity index (χ0v) is 24.7. The van der Waals surface area contributed by atoms with Crippen molar-refractivity contribution in [3.8, 4) is 0 Å². The Bertz CT molecular complexity index is 1620. The van der Waals surface area contributed by atoms with Gasteiger partial charge in [0.05, 0.1) is 23.5 Å². The fourth-order valence-electron chi connectivity index (χ4n) is 4.90. The Morgan fingerprint density at radius 1 is 0.915 bits per heavy atom. The third kappa shape index (κ3) is 10.2. The van der Waals surface area contributed by atoms with Gasteiger partial charge in [-0.2, -0.15) is 31.3 Å². The number of nitrogens with zero attached hydrogens (tertiary/aromatic N) is 3. The van der Waals surface area contributed by atoms with Crippen LogP contribution in [0.3, 0.4) is 0 Å². The van der Waals surface area contributed by atoms with Crippen LogP contribution in [0, 0.1) is 6.92 Å². The molecule has 1 amide bonds. The lowest BCUT2D eigenvalue weighted by molar-refractivity contribution is -0.193. The highest BCUT2D eigenvalue weighted by Gasteiger charge is 2.39. The molecule has 0 bridgehead atoms. The summed E-state index contributed by atoms with van der Waals surface area (Å²) in [5.74, 6) is -4.67. The summed E-state index contributed by atoms with van der Waals surface area (Å²) in [6.45, 7) is 2.04. The Kier molecular flexibility index (Phi) is 11.6. The molecule has 2 aromatic carbocycles. The van der Waals surface area contributed by atoms with Gasteiger partial charge in [0.15, 0.2) is 5.96 Å². The lowest BCUT2D eigenvalue weighted by atomic mass is 9.77. The number of hydrogen-bond donors (Lipinski definition) is 6. The summed E-state index contributed by atoms with van der Waals surface area (Å²) in [6.07, 6.45) is -5.38. The molecule has 0 spiro atoms. The zero-order valence-electron chi connectivity index (χ0n) is 24.7. The summed E-state index contributed by atoms with van der Waals surface area (Å²) in [7, 11) is 0. The van der Waals surface area contributed by atoms with Crippen LogP contribution in [0.2, 0.25) is 0 Å². The van der Waals surface area contributed by atoms with E-state index in [9.17, 15) is 31.1 Å². The Morgan fingerprint density at radius 2 is 1.51 bits per heavy atom. The molecule has 8 N–H and O–H groups in total. The maximum atomic E-state index is 13.0. The first-order valence-electron chi connectivity index (χ1n) is 14.0. The van der Waals surface area contributed by atoms with E-state index in [2.05, 4.69) is 32.7 Å². The van der Waals surface area contributed by atoms with E-state index >= 15 is 0 Å². The molecular formula is C29H31F6N7O5. The number of rotatable bonds is 5. The van der Waals surface area contributed by atoms with Crippen LogP contribution < -0.4 is 22.1 Å². The minimum atomic E-state index is -5.08. The van der Waals surface area contributed by atoms with Crippen LogP contribution in [0.5, 0.6) is 0 Å². The normalized spacial score (nSPS) is 18.5. The molecule has 1 heterocycles. The number of nitrogens with two attached hydrogens (primary N) is 2. The summed E-state index contributed by atoms with van der Waals surface area (Å²) in [6, 6.07) is 14.1. The highest BCUT2D eigenvalue weighted by Crippen LogP contribution is 2.36. The first-order valence-corrected chi connectivity index (χ1v) is 14.0. The second-order valence-corrected chi connectivity index (χ2v) is 10.6. The number of fused-ring (bicyclic) bond motifs is 2. The maximum Gasteiger partial charge on any atom is 0.490 e. The first-order chi connectivity index (χ1) is 21.9. The molecule has 47 heavy (non-hydrogen) atoms. The fourth-order valence-corrected chi connectivity index (χ4v) is 4.90. The average molecular weight is 672 g/mol. The maximum absolute atomic E-state index is 13.0. The van der Waals surface area contributed by atoms with Crippen molar-refractivity contribution in [1.29, 1.82) is 0 Å². The molecule has 2 aliphatic carbocycles. The molecule has 12 nitrogen and oxygen atoms in total. The monoisotopic (exact) mass is 671 g/mol. The number of amides is 1. The second-order valence-electron chi connectivity index (χ2n) is 10.6.